The maximum Gasteiger partial charge on any atom is 0.251 e. The van der Waals surface area contributed by atoms with Crippen LogP contribution in [-0.2, 0) is 12.8 Å². The minimum Gasteiger partial charge on any atom is -0.489 e. The molecule has 168 valence electrons. The lowest BCUT2D eigenvalue weighted by Crippen LogP contribution is -2.52. The summed E-state index contributed by atoms with van der Waals surface area (Å²) in [7, 11) is 1.57. The standard InChI is InChI=1S/C25H27F2N3O2/c1-28-25(31)19-6-7-22(27)24-21(19)12-18(14-32-24)30(17-3-2-4-17)10-9-15-13-29-23-8-5-16(26)11-20(15)23/h5-8,11,13,17-18,29H,2-4,9-10,12,14H2,1H3,(H,28,31). The maximum atomic E-state index is 14.4. The first kappa shape index (κ1) is 20.9. The predicted octanol–water partition coefficient (Wildman–Crippen LogP) is 4.21. The fourth-order valence-electron chi connectivity index (χ4n) is 4.98. The molecule has 0 spiro atoms. The van der Waals surface area contributed by atoms with Gasteiger partial charge in [0.2, 0.25) is 0 Å². The molecule has 1 fully saturated rings. The van der Waals surface area contributed by atoms with Crippen LogP contribution in [0, 0.1) is 11.6 Å². The number of hydrogen-bond donors (Lipinski definition) is 2. The van der Waals surface area contributed by atoms with Crippen LogP contribution >= 0.6 is 0 Å². The van der Waals surface area contributed by atoms with Crippen molar-refractivity contribution >= 4 is 16.8 Å². The Labute approximate surface area is 185 Å². The van der Waals surface area contributed by atoms with Crippen molar-refractivity contribution < 1.29 is 18.3 Å². The molecule has 1 aliphatic heterocycles. The molecule has 5 rings (SSSR count). The van der Waals surface area contributed by atoms with Crippen LogP contribution in [0.15, 0.2) is 36.5 Å². The largest absolute Gasteiger partial charge is 0.489 e. The number of rotatable bonds is 6. The Morgan fingerprint density at radius 2 is 2.06 bits per heavy atom. The molecule has 0 bridgehead atoms. The van der Waals surface area contributed by atoms with E-state index in [4.69, 9.17) is 4.74 Å². The third kappa shape index (κ3) is 3.75. The first-order valence-electron chi connectivity index (χ1n) is 11.2. The normalized spacial score (nSPS) is 18.3. The number of nitrogens with one attached hydrogen (secondary N) is 2. The van der Waals surface area contributed by atoms with Crippen molar-refractivity contribution in [2.75, 3.05) is 20.2 Å². The van der Waals surface area contributed by atoms with Crippen LogP contribution in [0.4, 0.5) is 8.78 Å². The molecule has 2 aromatic carbocycles. The highest BCUT2D eigenvalue weighted by Crippen LogP contribution is 2.35. The van der Waals surface area contributed by atoms with Crippen molar-refractivity contribution in [3.63, 3.8) is 0 Å². The zero-order chi connectivity index (χ0) is 22.2. The number of amides is 1. The third-order valence-corrected chi connectivity index (χ3v) is 6.93. The van der Waals surface area contributed by atoms with Gasteiger partial charge in [-0.15, -0.1) is 0 Å². The molecular weight excluding hydrogens is 412 g/mol. The Morgan fingerprint density at radius 1 is 1.22 bits per heavy atom. The van der Waals surface area contributed by atoms with E-state index >= 15 is 0 Å². The lowest BCUT2D eigenvalue weighted by molar-refractivity contribution is 0.0440. The average Bonchev–Trinajstić information content (AvgIpc) is 3.16. The number of ether oxygens (including phenoxy) is 1. The maximum absolute atomic E-state index is 14.4. The van der Waals surface area contributed by atoms with Crippen molar-refractivity contribution in [1.29, 1.82) is 0 Å². The smallest absolute Gasteiger partial charge is 0.251 e. The van der Waals surface area contributed by atoms with Crippen molar-refractivity contribution in [1.82, 2.24) is 15.2 Å². The Bertz CT molecular complexity index is 1160. The number of aromatic amines is 1. The summed E-state index contributed by atoms with van der Waals surface area (Å²) < 4.78 is 34.0. The van der Waals surface area contributed by atoms with E-state index in [2.05, 4.69) is 15.2 Å². The van der Waals surface area contributed by atoms with Crippen LogP contribution < -0.4 is 10.1 Å². The molecule has 0 saturated heterocycles. The molecular formula is C25H27F2N3O2. The highest BCUT2D eigenvalue weighted by molar-refractivity contribution is 5.96. The quantitative estimate of drug-likeness (QED) is 0.605. The fourth-order valence-corrected chi connectivity index (χ4v) is 4.98. The van der Waals surface area contributed by atoms with E-state index in [9.17, 15) is 13.6 Å². The molecule has 1 unspecified atom stereocenters. The number of nitrogens with zero attached hydrogens (tertiary/aromatic N) is 1. The number of fused-ring (bicyclic) bond motifs is 2. The van der Waals surface area contributed by atoms with Gasteiger partial charge in [0, 0.05) is 53.9 Å². The van der Waals surface area contributed by atoms with Crippen LogP contribution in [0.2, 0.25) is 0 Å². The molecule has 1 aromatic heterocycles. The monoisotopic (exact) mass is 439 g/mol. The van der Waals surface area contributed by atoms with Crippen LogP contribution in [0.25, 0.3) is 10.9 Å². The van der Waals surface area contributed by atoms with Crippen LogP contribution in [0.1, 0.15) is 40.7 Å². The number of aromatic nitrogens is 1. The van der Waals surface area contributed by atoms with E-state index in [-0.39, 0.29) is 23.5 Å². The van der Waals surface area contributed by atoms with Crippen molar-refractivity contribution in [2.45, 2.75) is 44.2 Å². The Balaban J connectivity index is 1.39. The van der Waals surface area contributed by atoms with Gasteiger partial charge in [-0.2, -0.15) is 0 Å². The van der Waals surface area contributed by atoms with E-state index < -0.39 is 5.82 Å². The Morgan fingerprint density at radius 3 is 2.81 bits per heavy atom. The molecule has 2 aliphatic rings. The second kappa shape index (κ2) is 8.54. The Hall–Kier alpha value is -2.93. The zero-order valence-corrected chi connectivity index (χ0v) is 18.1. The topological polar surface area (TPSA) is 57.4 Å². The molecule has 0 radical (unpaired) electrons. The molecule has 5 nitrogen and oxygen atoms in total. The third-order valence-electron chi connectivity index (χ3n) is 6.93. The van der Waals surface area contributed by atoms with Gasteiger partial charge in [-0.25, -0.2) is 8.78 Å². The predicted molar refractivity (Wildman–Crippen MR) is 119 cm³/mol. The van der Waals surface area contributed by atoms with Gasteiger partial charge < -0.3 is 15.0 Å². The molecule has 2 heterocycles. The van der Waals surface area contributed by atoms with Crippen LogP contribution in [-0.4, -0.2) is 48.1 Å². The SMILES string of the molecule is CNC(=O)c1ccc(F)c2c1CC(N(CCc1c[nH]c3ccc(F)cc13)C1CCC1)CO2. The number of halogens is 2. The van der Waals surface area contributed by atoms with Crippen molar-refractivity contribution in [3.8, 4) is 5.75 Å². The summed E-state index contributed by atoms with van der Waals surface area (Å²) >= 11 is 0. The summed E-state index contributed by atoms with van der Waals surface area (Å²) in [6.07, 6.45) is 6.73. The summed E-state index contributed by atoms with van der Waals surface area (Å²) in [5.41, 5.74) is 3.11. The molecule has 1 aliphatic carbocycles. The van der Waals surface area contributed by atoms with E-state index in [0.29, 0.717) is 30.2 Å². The van der Waals surface area contributed by atoms with Gasteiger partial charge in [-0.05, 0) is 61.6 Å². The highest BCUT2D eigenvalue weighted by Gasteiger charge is 2.35. The van der Waals surface area contributed by atoms with E-state index in [1.807, 2.05) is 6.20 Å². The van der Waals surface area contributed by atoms with Gasteiger partial charge in [0.1, 0.15) is 12.4 Å². The number of hydrogen-bond acceptors (Lipinski definition) is 3. The van der Waals surface area contributed by atoms with Gasteiger partial charge in [0.05, 0.1) is 0 Å². The second-order valence-corrected chi connectivity index (χ2v) is 8.73. The number of carbonyl (C=O) groups excluding carboxylic acids is 1. The summed E-state index contributed by atoms with van der Waals surface area (Å²) in [4.78, 5) is 18.0. The van der Waals surface area contributed by atoms with Crippen molar-refractivity contribution in [3.05, 3.63) is 64.9 Å². The van der Waals surface area contributed by atoms with Crippen LogP contribution in [0.5, 0.6) is 5.75 Å². The number of benzene rings is 2. The first-order chi connectivity index (χ1) is 15.5. The van der Waals surface area contributed by atoms with Gasteiger partial charge in [0.15, 0.2) is 11.6 Å². The minimum atomic E-state index is -0.429. The summed E-state index contributed by atoms with van der Waals surface area (Å²) in [5, 5.41) is 3.55. The molecule has 3 aromatic rings. The van der Waals surface area contributed by atoms with Crippen LogP contribution in [0.3, 0.4) is 0 Å². The molecule has 32 heavy (non-hydrogen) atoms. The highest BCUT2D eigenvalue weighted by atomic mass is 19.1. The lowest BCUT2D eigenvalue weighted by Gasteiger charge is -2.44. The molecule has 1 atom stereocenters. The number of H-pyrrole nitrogens is 1. The van der Waals surface area contributed by atoms with E-state index in [1.54, 1.807) is 19.2 Å². The Kier molecular flexibility index (Phi) is 5.59. The lowest BCUT2D eigenvalue weighted by atomic mass is 9.87. The molecule has 1 saturated carbocycles. The van der Waals surface area contributed by atoms with Gasteiger partial charge in [0.25, 0.3) is 5.91 Å². The molecule has 1 amide bonds. The summed E-state index contributed by atoms with van der Waals surface area (Å²) in [6.45, 7) is 1.18. The van der Waals surface area contributed by atoms with Gasteiger partial charge in [-0.3, -0.25) is 9.69 Å². The zero-order valence-electron chi connectivity index (χ0n) is 18.1. The minimum absolute atomic E-state index is 0.0555. The second-order valence-electron chi connectivity index (χ2n) is 8.73. The summed E-state index contributed by atoms with van der Waals surface area (Å²) in [5.74, 6) is -0.707. The fraction of sp³-hybridized carbons (Fsp3) is 0.400. The average molecular weight is 440 g/mol. The van der Waals surface area contributed by atoms with E-state index in [1.165, 1.54) is 24.6 Å². The number of carbonyl (C=O) groups is 1. The molecule has 2 N–H and O–H groups in total. The first-order valence-corrected chi connectivity index (χ1v) is 11.2. The molecule has 7 heteroatoms. The van der Waals surface area contributed by atoms with E-state index in [0.717, 1.165) is 42.3 Å². The summed E-state index contributed by atoms with van der Waals surface area (Å²) in [6, 6.07) is 8.13. The van der Waals surface area contributed by atoms with Gasteiger partial charge >= 0.3 is 0 Å². The van der Waals surface area contributed by atoms with Crippen molar-refractivity contribution in [2.24, 2.45) is 0 Å². The van der Waals surface area contributed by atoms with Gasteiger partial charge in [-0.1, -0.05) is 6.42 Å².